The quantitative estimate of drug-likeness (QED) is 0.399. The van der Waals surface area contributed by atoms with Crippen LogP contribution < -0.4 is 15.4 Å². The highest BCUT2D eigenvalue weighted by atomic mass is 32.2. The summed E-state index contributed by atoms with van der Waals surface area (Å²) in [7, 11) is -3.87. The SMILES string of the molecule is CC[C@@H]1C[C@]1(NC(=O)[C@@H]1C[C@@H]2CN1C(=O)[C@H](C(C)(C)C)NC(=O)OCCCCCc1cccc3c1CN(C3)C(=O)O2)C(=O)NS(=O)(=O)C1CC1. The summed E-state index contributed by atoms with van der Waals surface area (Å²) in [5.41, 5.74) is 1.04. The lowest BCUT2D eigenvalue weighted by atomic mass is 9.85. The zero-order valence-corrected chi connectivity index (χ0v) is 30.1. The first kappa shape index (κ1) is 35.9. The van der Waals surface area contributed by atoms with Gasteiger partial charge in [0.2, 0.25) is 21.8 Å². The number of nitrogens with one attached hydrogen (secondary N) is 3. The van der Waals surface area contributed by atoms with Crippen LogP contribution in [0.4, 0.5) is 9.59 Å². The molecule has 4 bridgehead atoms. The second-order valence-electron chi connectivity index (χ2n) is 15.5. The number of benzene rings is 1. The highest BCUT2D eigenvalue weighted by Gasteiger charge is 2.62. The summed E-state index contributed by atoms with van der Waals surface area (Å²) in [6, 6.07) is 3.77. The zero-order valence-electron chi connectivity index (χ0n) is 29.3. The van der Waals surface area contributed by atoms with Crippen molar-refractivity contribution in [2.24, 2.45) is 11.3 Å². The highest BCUT2D eigenvalue weighted by Crippen LogP contribution is 2.47. The van der Waals surface area contributed by atoms with Crippen molar-refractivity contribution in [2.45, 2.75) is 128 Å². The molecule has 0 aromatic heterocycles. The number of ether oxygens (including phenoxy) is 2. The summed E-state index contributed by atoms with van der Waals surface area (Å²) in [6.07, 6.45) is 2.64. The van der Waals surface area contributed by atoms with Gasteiger partial charge in [-0.05, 0) is 73.0 Å². The van der Waals surface area contributed by atoms with Crippen LogP contribution in [0.3, 0.4) is 0 Å². The third-order valence-corrected chi connectivity index (χ3v) is 12.5. The van der Waals surface area contributed by atoms with Crippen molar-refractivity contribution in [3.05, 3.63) is 34.9 Å². The fourth-order valence-corrected chi connectivity index (χ4v) is 8.84. The van der Waals surface area contributed by atoms with E-state index >= 15 is 0 Å². The molecule has 14 nitrogen and oxygen atoms in total. The van der Waals surface area contributed by atoms with E-state index in [0.717, 1.165) is 36.0 Å². The topological polar surface area (TPSA) is 181 Å². The molecule has 1 saturated heterocycles. The Morgan fingerprint density at radius 3 is 2.48 bits per heavy atom. The Balaban J connectivity index is 1.26. The number of cyclic esters (lactones) is 1. The highest BCUT2D eigenvalue weighted by molar-refractivity contribution is 7.91. The Labute approximate surface area is 293 Å². The van der Waals surface area contributed by atoms with E-state index in [1.165, 1.54) is 4.90 Å². The Hall–Kier alpha value is -3.88. The number of alkyl carbamates (subject to hydrolysis) is 1. The van der Waals surface area contributed by atoms with Crippen LogP contribution >= 0.6 is 0 Å². The average molecular weight is 716 g/mol. The van der Waals surface area contributed by atoms with Gasteiger partial charge in [-0.25, -0.2) is 18.0 Å². The van der Waals surface area contributed by atoms with Gasteiger partial charge in [0.1, 0.15) is 23.7 Å². The Kier molecular flexibility index (Phi) is 9.83. The van der Waals surface area contributed by atoms with Crippen LogP contribution in [0, 0.1) is 11.3 Å². The molecule has 1 aromatic rings. The van der Waals surface area contributed by atoms with Crippen molar-refractivity contribution in [1.29, 1.82) is 0 Å². The molecule has 3 aliphatic heterocycles. The molecule has 2 saturated carbocycles. The molecule has 6 rings (SSSR count). The second-order valence-corrected chi connectivity index (χ2v) is 17.5. The molecule has 3 heterocycles. The molecule has 50 heavy (non-hydrogen) atoms. The monoisotopic (exact) mass is 715 g/mol. The molecule has 274 valence electrons. The molecule has 5 aliphatic rings. The molecule has 15 heteroatoms. The molecule has 0 radical (unpaired) electrons. The summed E-state index contributed by atoms with van der Waals surface area (Å²) in [4.78, 5) is 71.3. The zero-order chi connectivity index (χ0) is 36.0. The predicted molar refractivity (Wildman–Crippen MR) is 181 cm³/mol. The van der Waals surface area contributed by atoms with Crippen molar-refractivity contribution in [3.63, 3.8) is 0 Å². The number of fused-ring (bicyclic) bond motifs is 3. The molecule has 5 amide bonds. The molecule has 5 atom stereocenters. The van der Waals surface area contributed by atoms with E-state index < -0.39 is 74.3 Å². The third kappa shape index (κ3) is 7.42. The van der Waals surface area contributed by atoms with Crippen molar-refractivity contribution >= 4 is 39.9 Å². The van der Waals surface area contributed by atoms with Gasteiger partial charge in [-0.1, -0.05) is 52.3 Å². The maximum absolute atomic E-state index is 14.3. The van der Waals surface area contributed by atoms with Crippen LogP contribution in [0.1, 0.15) is 95.8 Å². The number of carbonyl (C=O) groups excluding carboxylic acids is 5. The molecule has 0 unspecified atom stereocenters. The summed E-state index contributed by atoms with van der Waals surface area (Å²) in [5, 5.41) is 4.89. The molecule has 0 spiro atoms. The normalized spacial score (nSPS) is 29.2. The van der Waals surface area contributed by atoms with Gasteiger partial charge < -0.3 is 25.0 Å². The maximum Gasteiger partial charge on any atom is 0.410 e. The number of sulfonamides is 1. The van der Waals surface area contributed by atoms with Crippen LogP contribution in [0.15, 0.2) is 18.2 Å². The van der Waals surface area contributed by atoms with E-state index in [1.54, 1.807) is 25.7 Å². The van der Waals surface area contributed by atoms with Crippen LogP contribution in [-0.2, 0) is 53.4 Å². The maximum atomic E-state index is 14.3. The van der Waals surface area contributed by atoms with Gasteiger partial charge in [0, 0.05) is 19.5 Å². The van der Waals surface area contributed by atoms with Gasteiger partial charge in [0.25, 0.3) is 5.91 Å². The van der Waals surface area contributed by atoms with Crippen LogP contribution in [0.5, 0.6) is 0 Å². The molecule has 1 aromatic carbocycles. The van der Waals surface area contributed by atoms with Gasteiger partial charge in [0.15, 0.2) is 0 Å². The Bertz CT molecular complexity index is 1660. The number of hydrogen-bond acceptors (Lipinski definition) is 9. The first-order chi connectivity index (χ1) is 23.6. The smallest absolute Gasteiger partial charge is 0.410 e. The standard InChI is InChI=1S/C35H49N5O9S/c1-5-23-17-35(23,31(43)38-50(46,47)25-13-14-25)37-29(41)27-16-24-19-40(27)30(42)28(34(2,3)4)36-32(44)48-15-8-6-7-10-21-11-9-12-22-18-39(20-26(21)22)33(45)49-24/h9,11-12,23-25,27-28H,5-8,10,13-20H2,1-4H3,(H,36,44)(H,37,41)(H,38,43)/t23-,24-,27+,28-,35-/m1/s1. The van der Waals surface area contributed by atoms with Crippen molar-refractivity contribution < 1.29 is 41.9 Å². The van der Waals surface area contributed by atoms with Crippen molar-refractivity contribution in [2.75, 3.05) is 13.2 Å². The minimum Gasteiger partial charge on any atom is -0.450 e. The van der Waals surface area contributed by atoms with Gasteiger partial charge in [-0.15, -0.1) is 0 Å². The summed E-state index contributed by atoms with van der Waals surface area (Å²) >= 11 is 0. The second kappa shape index (κ2) is 13.7. The average Bonchev–Trinajstić information content (AvgIpc) is 3.94. The lowest BCUT2D eigenvalue weighted by Crippen LogP contribution is -2.60. The third-order valence-electron chi connectivity index (χ3n) is 10.7. The van der Waals surface area contributed by atoms with Gasteiger partial charge in [0.05, 0.1) is 18.4 Å². The Morgan fingerprint density at radius 1 is 1.06 bits per heavy atom. The van der Waals surface area contributed by atoms with E-state index in [-0.39, 0.29) is 31.9 Å². The number of amides is 5. The van der Waals surface area contributed by atoms with E-state index in [0.29, 0.717) is 38.8 Å². The largest absolute Gasteiger partial charge is 0.450 e. The molecule has 3 fully saturated rings. The lowest BCUT2D eigenvalue weighted by molar-refractivity contribution is -0.143. The van der Waals surface area contributed by atoms with Crippen molar-refractivity contribution in [3.8, 4) is 0 Å². The van der Waals surface area contributed by atoms with Gasteiger partial charge in [-0.2, -0.15) is 0 Å². The van der Waals surface area contributed by atoms with E-state index in [9.17, 15) is 32.4 Å². The number of hydrogen-bond donors (Lipinski definition) is 3. The van der Waals surface area contributed by atoms with Crippen LogP contribution in [0.2, 0.25) is 0 Å². The van der Waals surface area contributed by atoms with E-state index in [1.807, 2.05) is 19.1 Å². The first-order valence-corrected chi connectivity index (χ1v) is 19.3. The molecule has 3 N–H and O–H groups in total. The molecular formula is C35H49N5O9S. The Morgan fingerprint density at radius 2 is 1.80 bits per heavy atom. The fourth-order valence-electron chi connectivity index (χ4n) is 7.48. The van der Waals surface area contributed by atoms with E-state index in [2.05, 4.69) is 21.4 Å². The summed E-state index contributed by atoms with van der Waals surface area (Å²) in [5.74, 6) is -2.32. The van der Waals surface area contributed by atoms with Gasteiger partial charge >= 0.3 is 12.2 Å². The molecule has 2 aliphatic carbocycles. The molecular weight excluding hydrogens is 666 g/mol. The number of nitrogens with zero attached hydrogens (tertiary/aromatic N) is 2. The minimum absolute atomic E-state index is 0.0501. The van der Waals surface area contributed by atoms with Crippen LogP contribution in [0.25, 0.3) is 0 Å². The minimum atomic E-state index is -3.87. The summed E-state index contributed by atoms with van der Waals surface area (Å²) in [6.45, 7) is 8.02. The predicted octanol–water partition coefficient (Wildman–Crippen LogP) is 2.87. The van der Waals surface area contributed by atoms with E-state index in [4.69, 9.17) is 9.47 Å². The number of carbonyl (C=O) groups is 5. The van der Waals surface area contributed by atoms with Gasteiger partial charge in [-0.3, -0.25) is 24.0 Å². The fraction of sp³-hybridized carbons (Fsp3) is 0.686. The van der Waals surface area contributed by atoms with Crippen molar-refractivity contribution in [1.82, 2.24) is 25.2 Å². The lowest BCUT2D eigenvalue weighted by Gasteiger charge is -2.35. The number of rotatable bonds is 6. The first-order valence-electron chi connectivity index (χ1n) is 17.8. The summed E-state index contributed by atoms with van der Waals surface area (Å²) < 4.78 is 38.9. The number of aryl methyl sites for hydroxylation is 1. The van der Waals surface area contributed by atoms with Crippen LogP contribution in [-0.4, -0.2) is 90.3 Å².